The largest absolute Gasteiger partial charge is 0.309 e. The molecule has 2 heterocycles. The fourth-order valence-electron chi connectivity index (χ4n) is 1.55. The van der Waals surface area contributed by atoms with Crippen LogP contribution in [-0.2, 0) is 0 Å². The molecule has 2 heteroatoms. The molecule has 1 atom stereocenters. The zero-order valence-corrected chi connectivity index (χ0v) is 6.01. The molecule has 0 spiro atoms. The van der Waals surface area contributed by atoms with Crippen molar-refractivity contribution in [1.82, 2.24) is 5.32 Å². The number of rotatable bonds is 1. The van der Waals surface area contributed by atoms with E-state index < -0.39 is 0 Å². The summed E-state index contributed by atoms with van der Waals surface area (Å²) >= 11 is 0. The van der Waals surface area contributed by atoms with Gasteiger partial charge < -0.3 is 5.32 Å². The Kier molecular flexibility index (Phi) is 1.55. The van der Waals surface area contributed by atoms with Crippen LogP contribution in [0.25, 0.3) is 0 Å². The summed E-state index contributed by atoms with van der Waals surface area (Å²) in [5, 5.41) is 3.42. The van der Waals surface area contributed by atoms with Crippen molar-refractivity contribution in [2.45, 2.75) is 18.9 Å². The van der Waals surface area contributed by atoms with E-state index in [9.17, 15) is 0 Å². The van der Waals surface area contributed by atoms with Crippen molar-refractivity contribution in [2.75, 3.05) is 13.1 Å². The Morgan fingerprint density at radius 2 is 2.60 bits per heavy atom. The Morgan fingerprint density at radius 3 is 3.20 bits per heavy atom. The topological polar surface area (TPSA) is 24.4 Å². The molecular weight excluding hydrogens is 124 g/mol. The van der Waals surface area contributed by atoms with Gasteiger partial charge in [-0.25, -0.2) is 0 Å². The van der Waals surface area contributed by atoms with Crippen LogP contribution in [0.1, 0.15) is 12.8 Å². The monoisotopic (exact) mass is 136 g/mol. The predicted molar refractivity (Wildman–Crippen MR) is 42.5 cm³/mol. The molecule has 2 aliphatic heterocycles. The molecule has 2 aliphatic rings. The van der Waals surface area contributed by atoms with Crippen LogP contribution in [0.4, 0.5) is 0 Å². The van der Waals surface area contributed by atoms with Crippen molar-refractivity contribution in [1.29, 1.82) is 0 Å². The molecule has 0 saturated carbocycles. The summed E-state index contributed by atoms with van der Waals surface area (Å²) in [6, 6.07) is 0.568. The third-order valence-electron chi connectivity index (χ3n) is 2.09. The van der Waals surface area contributed by atoms with E-state index in [-0.39, 0.29) is 0 Å². The van der Waals surface area contributed by atoms with Gasteiger partial charge in [0.15, 0.2) is 0 Å². The maximum Gasteiger partial charge on any atom is 0.0577 e. The summed E-state index contributed by atoms with van der Waals surface area (Å²) < 4.78 is 0. The maximum absolute atomic E-state index is 4.36. The van der Waals surface area contributed by atoms with E-state index in [0.717, 1.165) is 13.1 Å². The van der Waals surface area contributed by atoms with Crippen LogP contribution in [0.3, 0.4) is 0 Å². The Morgan fingerprint density at radius 1 is 1.60 bits per heavy atom. The van der Waals surface area contributed by atoms with Crippen LogP contribution in [0.5, 0.6) is 0 Å². The molecule has 1 unspecified atom stereocenters. The third kappa shape index (κ3) is 0.991. The van der Waals surface area contributed by atoms with Crippen LogP contribution in [0, 0.1) is 0 Å². The number of nitrogens with zero attached hydrogens (tertiary/aromatic N) is 1. The number of hydrogen-bond acceptors (Lipinski definition) is 2. The van der Waals surface area contributed by atoms with Gasteiger partial charge in [0.1, 0.15) is 0 Å². The third-order valence-corrected chi connectivity index (χ3v) is 2.09. The van der Waals surface area contributed by atoms with Gasteiger partial charge in [-0.05, 0) is 25.5 Å². The van der Waals surface area contributed by atoms with Crippen molar-refractivity contribution in [3.63, 3.8) is 0 Å². The molecule has 2 nitrogen and oxygen atoms in total. The summed E-state index contributed by atoms with van der Waals surface area (Å²) in [5.74, 6) is 0. The molecule has 54 valence electrons. The first-order valence-electron chi connectivity index (χ1n) is 3.91. The second-order valence-corrected chi connectivity index (χ2v) is 2.82. The van der Waals surface area contributed by atoms with Gasteiger partial charge in [0.05, 0.1) is 12.3 Å². The van der Waals surface area contributed by atoms with Gasteiger partial charge in [-0.2, -0.15) is 0 Å². The van der Waals surface area contributed by atoms with Crippen molar-refractivity contribution in [2.24, 2.45) is 4.99 Å². The Balaban J connectivity index is 2.03. The van der Waals surface area contributed by atoms with Crippen molar-refractivity contribution in [3.05, 3.63) is 12.2 Å². The zero-order valence-electron chi connectivity index (χ0n) is 6.01. The van der Waals surface area contributed by atoms with Gasteiger partial charge >= 0.3 is 0 Å². The molecule has 0 aromatic carbocycles. The van der Waals surface area contributed by atoms with Crippen LogP contribution >= 0.6 is 0 Å². The maximum atomic E-state index is 4.36. The highest BCUT2D eigenvalue weighted by molar-refractivity contribution is 6.00. The Labute approximate surface area is 61.0 Å². The van der Waals surface area contributed by atoms with Crippen molar-refractivity contribution >= 4 is 5.71 Å². The van der Waals surface area contributed by atoms with Gasteiger partial charge in [-0.1, -0.05) is 6.08 Å². The van der Waals surface area contributed by atoms with Gasteiger partial charge in [0, 0.05) is 6.04 Å². The first-order chi connectivity index (χ1) is 4.97. The lowest BCUT2D eigenvalue weighted by molar-refractivity contribution is 0.764. The normalized spacial score (nSPS) is 31.2. The molecule has 0 aromatic rings. The van der Waals surface area contributed by atoms with Gasteiger partial charge in [-0.3, -0.25) is 4.99 Å². The van der Waals surface area contributed by atoms with Crippen LogP contribution in [-0.4, -0.2) is 24.8 Å². The van der Waals surface area contributed by atoms with E-state index in [2.05, 4.69) is 22.5 Å². The number of aliphatic imine (C=N–C) groups is 1. The highest BCUT2D eigenvalue weighted by Gasteiger charge is 2.18. The lowest BCUT2D eigenvalue weighted by Gasteiger charge is -2.06. The molecule has 0 radical (unpaired) electrons. The molecule has 0 aromatic heterocycles. The first-order valence-corrected chi connectivity index (χ1v) is 3.91. The van der Waals surface area contributed by atoms with E-state index in [1.165, 1.54) is 18.6 Å². The minimum Gasteiger partial charge on any atom is -0.309 e. The zero-order chi connectivity index (χ0) is 6.81. The van der Waals surface area contributed by atoms with E-state index in [1.807, 2.05) is 0 Å². The summed E-state index contributed by atoms with van der Waals surface area (Å²) in [7, 11) is 0. The predicted octanol–water partition coefficient (Wildman–Crippen LogP) is 0.749. The van der Waals surface area contributed by atoms with Crippen molar-refractivity contribution in [3.8, 4) is 0 Å². The fourth-order valence-corrected chi connectivity index (χ4v) is 1.55. The van der Waals surface area contributed by atoms with E-state index in [0.29, 0.717) is 6.04 Å². The Hall–Kier alpha value is -0.630. The second-order valence-electron chi connectivity index (χ2n) is 2.82. The van der Waals surface area contributed by atoms with Crippen molar-refractivity contribution < 1.29 is 0 Å². The molecule has 0 amide bonds. The molecule has 0 aliphatic carbocycles. The number of hydrogen-bond donors (Lipinski definition) is 1. The minimum atomic E-state index is 0.568. The second kappa shape index (κ2) is 2.54. The average Bonchev–Trinajstić information content (AvgIpc) is 2.59. The van der Waals surface area contributed by atoms with Crippen LogP contribution in [0.15, 0.2) is 17.1 Å². The molecule has 10 heavy (non-hydrogen) atoms. The minimum absolute atomic E-state index is 0.568. The van der Waals surface area contributed by atoms with Crippen LogP contribution in [0.2, 0.25) is 0 Å². The van der Waals surface area contributed by atoms with Gasteiger partial charge in [-0.15, -0.1) is 0 Å². The molecule has 1 N–H and O–H groups in total. The number of nitrogens with one attached hydrogen (secondary N) is 1. The smallest absolute Gasteiger partial charge is 0.0577 e. The summed E-state index contributed by atoms with van der Waals surface area (Å²) in [6.07, 6.45) is 6.83. The summed E-state index contributed by atoms with van der Waals surface area (Å²) in [5.41, 5.74) is 1.26. The highest BCUT2D eigenvalue weighted by atomic mass is 15.0. The van der Waals surface area contributed by atoms with Crippen LogP contribution < -0.4 is 5.32 Å². The molecule has 1 fully saturated rings. The van der Waals surface area contributed by atoms with E-state index >= 15 is 0 Å². The summed E-state index contributed by atoms with van der Waals surface area (Å²) in [6.45, 7) is 2.06. The van der Waals surface area contributed by atoms with E-state index in [1.54, 1.807) is 0 Å². The standard InChI is InChI=1S/C8H12N2/c1-3-7(9-5-1)8-4-2-6-10-8/h1,3,8,10H,2,4-6H2. The quantitative estimate of drug-likeness (QED) is 0.565. The Bertz CT molecular complexity index is 176. The lowest BCUT2D eigenvalue weighted by atomic mass is 10.1. The fraction of sp³-hybridized carbons (Fsp3) is 0.625. The molecular formula is C8H12N2. The van der Waals surface area contributed by atoms with E-state index in [4.69, 9.17) is 0 Å². The average molecular weight is 136 g/mol. The highest BCUT2D eigenvalue weighted by Crippen LogP contribution is 2.10. The molecule has 1 saturated heterocycles. The molecule has 0 bridgehead atoms. The summed E-state index contributed by atoms with van der Waals surface area (Å²) in [4.78, 5) is 4.36. The first kappa shape index (κ1) is 6.10. The lowest BCUT2D eigenvalue weighted by Crippen LogP contribution is -2.28. The van der Waals surface area contributed by atoms with Gasteiger partial charge in [0.2, 0.25) is 0 Å². The SMILES string of the molecule is C1=CC(C2CCCN2)=NC1. The molecule has 2 rings (SSSR count). The van der Waals surface area contributed by atoms with Gasteiger partial charge in [0.25, 0.3) is 0 Å².